The molecule has 30 heavy (non-hydrogen) atoms. The van der Waals surface area contributed by atoms with Gasteiger partial charge >= 0.3 is 0 Å². The highest BCUT2D eigenvalue weighted by Crippen LogP contribution is 2.22. The fraction of sp³-hybridized carbons (Fsp3) is 0.261. The molecule has 1 aromatic heterocycles. The van der Waals surface area contributed by atoms with Crippen LogP contribution in [0.15, 0.2) is 47.0 Å². The topological polar surface area (TPSA) is 93.5 Å². The number of aryl methyl sites for hydroxylation is 3. The van der Waals surface area contributed by atoms with Crippen molar-refractivity contribution in [1.29, 1.82) is 0 Å². The first-order valence-electron chi connectivity index (χ1n) is 9.73. The van der Waals surface area contributed by atoms with Crippen LogP contribution in [0.5, 0.6) is 5.75 Å². The lowest BCUT2D eigenvalue weighted by Crippen LogP contribution is -2.14. The third-order valence-electron chi connectivity index (χ3n) is 4.77. The lowest BCUT2D eigenvalue weighted by molar-refractivity contribution is -0.115. The number of carbonyl (C=O) groups is 2. The van der Waals surface area contributed by atoms with E-state index in [0.717, 1.165) is 22.6 Å². The van der Waals surface area contributed by atoms with Crippen LogP contribution in [-0.2, 0) is 11.4 Å². The summed E-state index contributed by atoms with van der Waals surface area (Å²) in [6, 6.07) is 12.3. The highest BCUT2D eigenvalue weighted by molar-refractivity contribution is 6.05. The number of hydrogen-bond acceptors (Lipinski definition) is 5. The molecule has 0 atom stereocenters. The van der Waals surface area contributed by atoms with E-state index in [4.69, 9.17) is 9.26 Å². The van der Waals surface area contributed by atoms with Gasteiger partial charge in [0.25, 0.3) is 5.91 Å². The summed E-state index contributed by atoms with van der Waals surface area (Å²) in [6.45, 7) is 7.74. The number of nitrogens with one attached hydrogen (secondary N) is 2. The number of amides is 2. The van der Waals surface area contributed by atoms with E-state index in [1.807, 2.05) is 32.9 Å². The maximum Gasteiger partial charge on any atom is 0.255 e. The predicted molar refractivity (Wildman–Crippen MR) is 115 cm³/mol. The molecule has 0 saturated heterocycles. The summed E-state index contributed by atoms with van der Waals surface area (Å²) in [5.41, 5.74) is 4.41. The fourth-order valence-electron chi connectivity index (χ4n) is 2.84. The molecule has 7 heteroatoms. The highest BCUT2D eigenvalue weighted by Gasteiger charge is 2.12. The standard InChI is InChI=1S/C23H25N3O4/c1-5-22(27)24-18-9-6-14(2)21(12-18)25-23(28)17-7-10-19(11-8-17)29-13-20-15(3)26-30-16(20)4/h6-12H,5,13H2,1-4H3,(H,24,27)(H,25,28). The van der Waals surface area contributed by atoms with Gasteiger partial charge in [-0.3, -0.25) is 9.59 Å². The third kappa shape index (κ3) is 5.05. The average molecular weight is 407 g/mol. The van der Waals surface area contributed by atoms with Gasteiger partial charge in [0.2, 0.25) is 5.91 Å². The van der Waals surface area contributed by atoms with Crippen molar-refractivity contribution >= 4 is 23.2 Å². The number of benzene rings is 2. The first kappa shape index (κ1) is 21.1. The fourth-order valence-corrected chi connectivity index (χ4v) is 2.84. The number of ether oxygens (including phenoxy) is 1. The van der Waals surface area contributed by atoms with E-state index >= 15 is 0 Å². The van der Waals surface area contributed by atoms with E-state index < -0.39 is 0 Å². The van der Waals surface area contributed by atoms with Crippen LogP contribution >= 0.6 is 0 Å². The number of hydrogen-bond donors (Lipinski definition) is 2. The van der Waals surface area contributed by atoms with E-state index in [1.165, 1.54) is 0 Å². The molecule has 0 saturated carbocycles. The van der Waals surface area contributed by atoms with Gasteiger partial charge < -0.3 is 19.9 Å². The minimum absolute atomic E-state index is 0.0803. The van der Waals surface area contributed by atoms with E-state index in [9.17, 15) is 9.59 Å². The lowest BCUT2D eigenvalue weighted by Gasteiger charge is -2.12. The summed E-state index contributed by atoms with van der Waals surface area (Å²) in [7, 11) is 0. The second kappa shape index (κ2) is 9.26. The number of carbonyl (C=O) groups excluding carboxylic acids is 2. The van der Waals surface area contributed by atoms with Crippen LogP contribution in [0.1, 0.15) is 46.3 Å². The van der Waals surface area contributed by atoms with Gasteiger partial charge in [-0.05, 0) is 62.7 Å². The smallest absolute Gasteiger partial charge is 0.255 e. The lowest BCUT2D eigenvalue weighted by atomic mass is 10.1. The van der Waals surface area contributed by atoms with Gasteiger partial charge in [0.05, 0.1) is 11.3 Å². The minimum Gasteiger partial charge on any atom is -0.489 e. The Morgan fingerprint density at radius 3 is 2.40 bits per heavy atom. The van der Waals surface area contributed by atoms with E-state index in [1.54, 1.807) is 37.3 Å². The average Bonchev–Trinajstić information content (AvgIpc) is 3.06. The molecule has 0 aliphatic carbocycles. The molecule has 156 valence electrons. The first-order chi connectivity index (χ1) is 14.4. The zero-order valence-corrected chi connectivity index (χ0v) is 17.5. The summed E-state index contributed by atoms with van der Waals surface area (Å²) < 4.78 is 10.9. The Morgan fingerprint density at radius 2 is 1.77 bits per heavy atom. The monoisotopic (exact) mass is 407 g/mol. The maximum absolute atomic E-state index is 12.6. The van der Waals surface area contributed by atoms with Crippen molar-refractivity contribution in [3.8, 4) is 5.75 Å². The molecule has 0 unspecified atom stereocenters. The number of rotatable bonds is 7. The molecule has 7 nitrogen and oxygen atoms in total. The van der Waals surface area contributed by atoms with Crippen molar-refractivity contribution in [3.05, 3.63) is 70.6 Å². The predicted octanol–water partition coefficient (Wildman–Crippen LogP) is 4.78. The van der Waals surface area contributed by atoms with Gasteiger partial charge in [0, 0.05) is 23.4 Å². The Morgan fingerprint density at radius 1 is 1.03 bits per heavy atom. The zero-order valence-electron chi connectivity index (χ0n) is 17.5. The number of nitrogens with zero attached hydrogens (tertiary/aromatic N) is 1. The van der Waals surface area contributed by atoms with Crippen molar-refractivity contribution in [2.75, 3.05) is 10.6 Å². The Labute approximate surface area is 175 Å². The van der Waals surface area contributed by atoms with Crippen molar-refractivity contribution in [2.24, 2.45) is 0 Å². The van der Waals surface area contributed by atoms with Crippen LogP contribution in [0.3, 0.4) is 0 Å². The van der Waals surface area contributed by atoms with E-state index in [-0.39, 0.29) is 11.8 Å². The van der Waals surface area contributed by atoms with Gasteiger partial charge in [0.15, 0.2) is 0 Å². The molecule has 2 amide bonds. The van der Waals surface area contributed by atoms with Crippen LogP contribution in [0, 0.1) is 20.8 Å². The Balaban J connectivity index is 1.65. The third-order valence-corrected chi connectivity index (χ3v) is 4.77. The molecule has 2 aromatic carbocycles. The largest absolute Gasteiger partial charge is 0.489 e. The van der Waals surface area contributed by atoms with Gasteiger partial charge in [-0.15, -0.1) is 0 Å². The number of anilines is 2. The molecule has 0 radical (unpaired) electrons. The SMILES string of the molecule is CCC(=O)Nc1ccc(C)c(NC(=O)c2ccc(OCc3c(C)noc3C)cc2)c1. The summed E-state index contributed by atoms with van der Waals surface area (Å²) in [4.78, 5) is 24.2. The van der Waals surface area contributed by atoms with Crippen LogP contribution in [0.25, 0.3) is 0 Å². The summed E-state index contributed by atoms with van der Waals surface area (Å²) in [5, 5.41) is 9.60. The summed E-state index contributed by atoms with van der Waals surface area (Å²) >= 11 is 0. The van der Waals surface area contributed by atoms with Gasteiger partial charge in [-0.2, -0.15) is 0 Å². The van der Waals surface area contributed by atoms with Crippen molar-refractivity contribution in [3.63, 3.8) is 0 Å². The Bertz CT molecular complexity index is 1040. The Kier molecular flexibility index (Phi) is 6.51. The van der Waals surface area contributed by atoms with Gasteiger partial charge in [0.1, 0.15) is 18.1 Å². The molecule has 1 heterocycles. The normalized spacial score (nSPS) is 10.5. The maximum atomic E-state index is 12.6. The van der Waals surface area contributed by atoms with Crippen LogP contribution in [-0.4, -0.2) is 17.0 Å². The first-order valence-corrected chi connectivity index (χ1v) is 9.73. The molecule has 2 N–H and O–H groups in total. The van der Waals surface area contributed by atoms with Gasteiger partial charge in [-0.1, -0.05) is 18.1 Å². The summed E-state index contributed by atoms with van der Waals surface area (Å²) in [5.74, 6) is 1.06. The molecule has 0 aliphatic heterocycles. The minimum atomic E-state index is -0.241. The molecule has 0 bridgehead atoms. The highest BCUT2D eigenvalue weighted by atomic mass is 16.5. The second-order valence-electron chi connectivity index (χ2n) is 7.00. The Hall–Kier alpha value is -3.61. The second-order valence-corrected chi connectivity index (χ2v) is 7.00. The van der Waals surface area contributed by atoms with Crippen molar-refractivity contribution < 1.29 is 18.8 Å². The molecule has 3 rings (SSSR count). The van der Waals surface area contributed by atoms with E-state index in [0.29, 0.717) is 35.7 Å². The molecule has 0 aliphatic rings. The van der Waals surface area contributed by atoms with E-state index in [2.05, 4.69) is 15.8 Å². The zero-order chi connectivity index (χ0) is 21.7. The molecule has 0 fully saturated rings. The number of aromatic nitrogens is 1. The molecular weight excluding hydrogens is 382 g/mol. The quantitative estimate of drug-likeness (QED) is 0.588. The van der Waals surface area contributed by atoms with Crippen LogP contribution < -0.4 is 15.4 Å². The molecular formula is C23H25N3O4. The molecule has 3 aromatic rings. The van der Waals surface area contributed by atoms with Crippen LogP contribution in [0.2, 0.25) is 0 Å². The van der Waals surface area contributed by atoms with Crippen LogP contribution in [0.4, 0.5) is 11.4 Å². The van der Waals surface area contributed by atoms with Gasteiger partial charge in [-0.25, -0.2) is 0 Å². The van der Waals surface area contributed by atoms with Crippen molar-refractivity contribution in [2.45, 2.75) is 40.7 Å². The molecule has 0 spiro atoms. The van der Waals surface area contributed by atoms with Crippen molar-refractivity contribution in [1.82, 2.24) is 5.16 Å². The summed E-state index contributed by atoms with van der Waals surface area (Å²) in [6.07, 6.45) is 0.389.